The quantitative estimate of drug-likeness (QED) is 0.426. The van der Waals surface area contributed by atoms with Gasteiger partial charge < -0.3 is 9.15 Å². The molecule has 0 bridgehead atoms. The third kappa shape index (κ3) is 4.25. The van der Waals surface area contributed by atoms with Crippen molar-refractivity contribution in [2.45, 2.75) is 25.4 Å². The van der Waals surface area contributed by atoms with Crippen LogP contribution in [0.15, 0.2) is 45.6 Å². The summed E-state index contributed by atoms with van der Waals surface area (Å²) in [6.07, 6.45) is -4.67. The average molecular weight is 371 g/mol. The van der Waals surface area contributed by atoms with E-state index in [1.54, 1.807) is 36.4 Å². The lowest BCUT2D eigenvalue weighted by Gasteiger charge is -2.08. The van der Waals surface area contributed by atoms with Gasteiger partial charge in [-0.1, -0.05) is 11.6 Å². The van der Waals surface area contributed by atoms with Crippen LogP contribution in [0.3, 0.4) is 0 Å². The average Bonchev–Trinajstić information content (AvgIpc) is 2.53. The molecule has 2 aromatic carbocycles. The Bertz CT molecular complexity index is 963. The van der Waals surface area contributed by atoms with Crippen LogP contribution in [0.1, 0.15) is 19.3 Å². The van der Waals surface area contributed by atoms with Gasteiger partial charge in [0.2, 0.25) is 5.43 Å². The highest BCUT2D eigenvalue weighted by atomic mass is 35.5. The predicted molar refractivity (Wildman–Crippen MR) is 90.4 cm³/mol. The van der Waals surface area contributed by atoms with E-state index in [1.807, 2.05) is 0 Å². The maximum atomic E-state index is 12.5. The summed E-state index contributed by atoms with van der Waals surface area (Å²) in [5.41, 5.74) is 0.532. The first-order valence-electron chi connectivity index (χ1n) is 7.69. The van der Waals surface area contributed by atoms with Gasteiger partial charge in [0, 0.05) is 23.6 Å². The minimum absolute atomic E-state index is 0.00923. The molecule has 0 saturated carbocycles. The summed E-state index contributed by atoms with van der Waals surface area (Å²) in [6, 6.07) is 9.52. The lowest BCUT2D eigenvalue weighted by Crippen LogP contribution is -2.08. The van der Waals surface area contributed by atoms with Gasteiger partial charge in [-0.25, -0.2) is 0 Å². The van der Waals surface area contributed by atoms with Gasteiger partial charge in [0.25, 0.3) is 0 Å². The lowest BCUT2D eigenvalue weighted by atomic mass is 10.1. The Kier molecular flexibility index (Phi) is 4.90. The summed E-state index contributed by atoms with van der Waals surface area (Å²) in [7, 11) is 0. The number of alkyl halides is 3. The summed E-state index contributed by atoms with van der Waals surface area (Å²) in [5.74, 6) is 0.434. The maximum absolute atomic E-state index is 12.5. The highest BCUT2D eigenvalue weighted by molar-refractivity contribution is 6.31. The highest BCUT2D eigenvalue weighted by Gasteiger charge is 2.25. The predicted octanol–water partition coefficient (Wildman–Crippen LogP) is 5.71. The molecule has 0 unspecified atom stereocenters. The monoisotopic (exact) mass is 370 g/mol. The fourth-order valence-corrected chi connectivity index (χ4v) is 2.68. The van der Waals surface area contributed by atoms with Gasteiger partial charge in [0.05, 0.1) is 17.4 Å². The van der Waals surface area contributed by atoms with Crippen molar-refractivity contribution < 1.29 is 22.3 Å². The van der Waals surface area contributed by atoms with Crippen LogP contribution in [0, 0.1) is 0 Å². The number of halogens is 4. The van der Waals surface area contributed by atoms with Crippen molar-refractivity contribution in [3.05, 3.63) is 51.6 Å². The number of hydrogen-bond donors (Lipinski definition) is 0. The highest BCUT2D eigenvalue weighted by Crippen LogP contribution is 2.25. The molecule has 7 heteroatoms. The third-order valence-corrected chi connectivity index (χ3v) is 3.96. The summed E-state index contributed by atoms with van der Waals surface area (Å²) in [4.78, 5) is 12.5. The van der Waals surface area contributed by atoms with Crippen LogP contribution in [-0.2, 0) is 0 Å². The fraction of sp³-hybridized carbons (Fsp3) is 0.278. The zero-order chi connectivity index (χ0) is 18.0. The van der Waals surface area contributed by atoms with Crippen LogP contribution in [0.25, 0.3) is 21.9 Å². The van der Waals surface area contributed by atoms with Gasteiger partial charge in [0.1, 0.15) is 16.9 Å². The van der Waals surface area contributed by atoms with Crippen molar-refractivity contribution in [1.82, 2.24) is 0 Å². The van der Waals surface area contributed by atoms with Crippen LogP contribution in [0.5, 0.6) is 5.75 Å². The lowest BCUT2D eigenvalue weighted by molar-refractivity contribution is -0.135. The molecule has 132 valence electrons. The molecule has 3 nitrogen and oxygen atoms in total. The number of hydrogen-bond acceptors (Lipinski definition) is 3. The molecule has 1 aromatic heterocycles. The van der Waals surface area contributed by atoms with Crippen LogP contribution >= 0.6 is 11.6 Å². The molecule has 3 aromatic rings. The molecule has 0 N–H and O–H groups in total. The van der Waals surface area contributed by atoms with Crippen molar-refractivity contribution >= 4 is 33.5 Å². The number of ether oxygens (including phenoxy) is 1. The Morgan fingerprint density at radius 1 is 1.00 bits per heavy atom. The molecule has 0 aliphatic rings. The molecule has 0 fully saturated rings. The zero-order valence-electron chi connectivity index (χ0n) is 13.0. The van der Waals surface area contributed by atoms with E-state index in [0.29, 0.717) is 32.7 Å². The second-order valence-corrected chi connectivity index (χ2v) is 6.09. The Labute approximate surface area is 145 Å². The van der Waals surface area contributed by atoms with E-state index in [4.69, 9.17) is 20.8 Å². The normalized spacial score (nSPS) is 12.0. The molecule has 0 radical (unpaired) electrons. The second-order valence-electron chi connectivity index (χ2n) is 5.65. The minimum Gasteiger partial charge on any atom is -0.493 e. The molecule has 0 aliphatic heterocycles. The summed E-state index contributed by atoms with van der Waals surface area (Å²) in [5, 5.41) is 1.28. The first-order chi connectivity index (χ1) is 11.8. The van der Waals surface area contributed by atoms with Crippen molar-refractivity contribution in [2.75, 3.05) is 6.61 Å². The van der Waals surface area contributed by atoms with Gasteiger partial charge in [0.15, 0.2) is 0 Å². The molecule has 1 heterocycles. The fourth-order valence-electron chi connectivity index (χ4n) is 2.51. The van der Waals surface area contributed by atoms with Crippen LogP contribution in [0.4, 0.5) is 13.2 Å². The summed E-state index contributed by atoms with van der Waals surface area (Å²) in [6.45, 7) is 0.158. The first-order valence-corrected chi connectivity index (χ1v) is 8.07. The molecule has 0 spiro atoms. The maximum Gasteiger partial charge on any atom is 0.389 e. The number of unbranched alkanes of at least 4 members (excludes halogenated alkanes) is 1. The SMILES string of the molecule is O=c1c2ccc(Cl)cc2oc2cc(OCCCCC(F)(F)F)ccc12. The third-order valence-electron chi connectivity index (χ3n) is 3.73. The Morgan fingerprint density at radius 2 is 1.68 bits per heavy atom. The standard InChI is InChI=1S/C18H14ClF3O3/c19-11-3-5-13-15(9-11)25-16-10-12(4-6-14(16)17(13)23)24-8-2-1-7-18(20,21)22/h3-6,9-10H,1-2,7-8H2. The van der Waals surface area contributed by atoms with Gasteiger partial charge in [-0.3, -0.25) is 4.79 Å². The topological polar surface area (TPSA) is 39.4 Å². The Morgan fingerprint density at radius 3 is 2.40 bits per heavy atom. The van der Waals surface area contributed by atoms with Crippen LogP contribution < -0.4 is 10.2 Å². The van der Waals surface area contributed by atoms with Crippen molar-refractivity contribution in [2.24, 2.45) is 0 Å². The Balaban J connectivity index is 1.78. The molecule has 0 aliphatic carbocycles. The first kappa shape index (κ1) is 17.6. The van der Waals surface area contributed by atoms with Gasteiger partial charge in [-0.15, -0.1) is 0 Å². The van der Waals surface area contributed by atoms with Gasteiger partial charge >= 0.3 is 6.18 Å². The summed E-state index contributed by atoms with van der Waals surface area (Å²) >= 11 is 5.92. The van der Waals surface area contributed by atoms with E-state index in [2.05, 4.69) is 0 Å². The van der Waals surface area contributed by atoms with E-state index in [9.17, 15) is 18.0 Å². The van der Waals surface area contributed by atoms with Crippen molar-refractivity contribution in [3.8, 4) is 5.75 Å². The number of fused-ring (bicyclic) bond motifs is 2. The largest absolute Gasteiger partial charge is 0.493 e. The molecule has 3 rings (SSSR count). The van der Waals surface area contributed by atoms with E-state index in [0.717, 1.165) is 0 Å². The van der Waals surface area contributed by atoms with E-state index in [1.165, 1.54) is 0 Å². The smallest absolute Gasteiger partial charge is 0.389 e. The number of benzene rings is 2. The number of rotatable bonds is 5. The molecule has 0 saturated heterocycles. The van der Waals surface area contributed by atoms with Gasteiger partial charge in [-0.05, 0) is 37.1 Å². The molecular formula is C18H14ClF3O3. The molecule has 25 heavy (non-hydrogen) atoms. The molecule has 0 atom stereocenters. The van der Waals surface area contributed by atoms with Crippen molar-refractivity contribution in [3.63, 3.8) is 0 Å². The van der Waals surface area contributed by atoms with E-state index < -0.39 is 12.6 Å². The zero-order valence-corrected chi connectivity index (χ0v) is 13.8. The van der Waals surface area contributed by atoms with Crippen molar-refractivity contribution in [1.29, 1.82) is 0 Å². The van der Waals surface area contributed by atoms with Gasteiger partial charge in [-0.2, -0.15) is 13.2 Å². The van der Waals surface area contributed by atoms with E-state index >= 15 is 0 Å². The van der Waals surface area contributed by atoms with E-state index in [-0.39, 0.29) is 24.9 Å². The minimum atomic E-state index is -4.14. The molecule has 0 amide bonds. The summed E-state index contributed by atoms with van der Waals surface area (Å²) < 4.78 is 47.4. The second kappa shape index (κ2) is 6.96. The van der Waals surface area contributed by atoms with Crippen LogP contribution in [-0.4, -0.2) is 12.8 Å². The molecular weight excluding hydrogens is 357 g/mol. The Hall–Kier alpha value is -2.21. The van der Waals surface area contributed by atoms with Crippen LogP contribution in [0.2, 0.25) is 5.02 Å².